The van der Waals surface area contributed by atoms with Gasteiger partial charge >= 0.3 is 0 Å². The average molecular weight is 391 g/mol. The summed E-state index contributed by atoms with van der Waals surface area (Å²) in [5.41, 5.74) is 6.57. The first-order chi connectivity index (χ1) is 14.1. The Kier molecular flexibility index (Phi) is 4.59. The summed E-state index contributed by atoms with van der Waals surface area (Å²) in [6.07, 6.45) is 9.02. The van der Waals surface area contributed by atoms with Gasteiger partial charge < -0.3 is 10.2 Å². The van der Waals surface area contributed by atoms with Gasteiger partial charge in [-0.2, -0.15) is 5.10 Å². The number of aliphatic imine (C=N–C) groups is 1. The smallest absolute Gasteiger partial charge is 0.149 e. The van der Waals surface area contributed by atoms with E-state index >= 15 is 0 Å². The first kappa shape index (κ1) is 18.3. The second-order valence-electron chi connectivity index (χ2n) is 8.19. The minimum absolute atomic E-state index is 0.263. The van der Waals surface area contributed by atoms with Gasteiger partial charge in [-0.1, -0.05) is 11.6 Å². The molecule has 0 saturated carbocycles. The van der Waals surface area contributed by atoms with E-state index in [0.29, 0.717) is 12.1 Å². The van der Waals surface area contributed by atoms with E-state index in [1.807, 2.05) is 5.01 Å². The number of benzene rings is 1. The fourth-order valence-electron chi connectivity index (χ4n) is 4.36. The highest BCUT2D eigenvalue weighted by Gasteiger charge is 2.26. The highest BCUT2D eigenvalue weighted by Crippen LogP contribution is 2.34. The molecule has 0 unspecified atom stereocenters. The van der Waals surface area contributed by atoms with Gasteiger partial charge in [-0.05, 0) is 62.6 Å². The molecule has 29 heavy (non-hydrogen) atoms. The standard InChI is InChI=1S/C23H26FN5/c1-15-4-5-21-16(2)10-20(27-29(21)14-15)17-11-18-13-22(26-23(18)19(24)12-17)28-8-3-6-25-7-9-28/h5,10-12,14,25H,3-4,6-9,13H2,1-2H3. The maximum absolute atomic E-state index is 15.0. The van der Waals surface area contributed by atoms with E-state index in [1.165, 1.54) is 5.57 Å². The lowest BCUT2D eigenvalue weighted by molar-refractivity contribution is 0.441. The fourth-order valence-corrected chi connectivity index (χ4v) is 4.36. The number of rotatable bonds is 1. The number of allylic oxidation sites excluding steroid dienone is 4. The molecule has 150 valence electrons. The Bertz CT molecular complexity index is 1010. The van der Waals surface area contributed by atoms with Crippen LogP contribution in [0.15, 0.2) is 57.4 Å². The zero-order chi connectivity index (χ0) is 20.0. The predicted octanol–water partition coefficient (Wildman–Crippen LogP) is 3.86. The Balaban J connectivity index is 1.45. The number of halogens is 1. The van der Waals surface area contributed by atoms with Crippen LogP contribution in [0.25, 0.3) is 0 Å². The highest BCUT2D eigenvalue weighted by molar-refractivity contribution is 6.10. The van der Waals surface area contributed by atoms with Crippen LogP contribution in [0, 0.1) is 5.82 Å². The number of nitrogens with zero attached hydrogens (tertiary/aromatic N) is 4. The van der Waals surface area contributed by atoms with Gasteiger partial charge in [0.15, 0.2) is 0 Å². The summed E-state index contributed by atoms with van der Waals surface area (Å²) in [7, 11) is 0. The molecule has 0 radical (unpaired) electrons. The molecule has 5 nitrogen and oxygen atoms in total. The zero-order valence-corrected chi connectivity index (χ0v) is 17.0. The van der Waals surface area contributed by atoms with Crippen molar-refractivity contribution in [2.75, 3.05) is 26.2 Å². The second-order valence-corrected chi connectivity index (χ2v) is 8.19. The van der Waals surface area contributed by atoms with E-state index in [2.05, 4.69) is 53.5 Å². The molecular formula is C23H26FN5. The number of hydrazone groups is 1. The quantitative estimate of drug-likeness (QED) is 0.790. The first-order valence-corrected chi connectivity index (χ1v) is 10.4. The van der Waals surface area contributed by atoms with E-state index in [1.54, 1.807) is 6.07 Å². The van der Waals surface area contributed by atoms with Crippen LogP contribution in [0.1, 0.15) is 37.8 Å². The van der Waals surface area contributed by atoms with Gasteiger partial charge in [-0.3, -0.25) is 0 Å². The van der Waals surface area contributed by atoms with E-state index in [9.17, 15) is 4.39 Å². The molecule has 6 heteroatoms. The Morgan fingerprint density at radius 3 is 2.93 bits per heavy atom. The Hall–Kier alpha value is -2.73. The molecule has 0 atom stereocenters. The molecule has 5 rings (SSSR count). The van der Waals surface area contributed by atoms with Crippen molar-refractivity contribution in [3.8, 4) is 0 Å². The predicted molar refractivity (Wildman–Crippen MR) is 115 cm³/mol. The first-order valence-electron chi connectivity index (χ1n) is 10.4. The lowest BCUT2D eigenvalue weighted by Gasteiger charge is -2.28. The van der Waals surface area contributed by atoms with Crippen LogP contribution in [-0.2, 0) is 6.42 Å². The molecule has 1 saturated heterocycles. The minimum Gasteiger partial charge on any atom is -0.358 e. The van der Waals surface area contributed by atoms with Crippen molar-refractivity contribution >= 4 is 17.2 Å². The molecule has 1 fully saturated rings. The van der Waals surface area contributed by atoms with Crippen LogP contribution in [0.2, 0.25) is 0 Å². The third kappa shape index (κ3) is 3.42. The van der Waals surface area contributed by atoms with Crippen molar-refractivity contribution in [3.05, 3.63) is 64.3 Å². The molecule has 0 spiro atoms. The van der Waals surface area contributed by atoms with E-state index in [0.717, 1.165) is 73.0 Å². The molecule has 4 heterocycles. The lowest BCUT2D eigenvalue weighted by atomic mass is 9.99. The van der Waals surface area contributed by atoms with Gasteiger partial charge in [-0.15, -0.1) is 0 Å². The zero-order valence-electron chi connectivity index (χ0n) is 17.0. The normalized spacial score (nSPS) is 21.4. The molecule has 0 bridgehead atoms. The van der Waals surface area contributed by atoms with Crippen LogP contribution in [0.3, 0.4) is 0 Å². The average Bonchev–Trinajstić information content (AvgIpc) is 2.95. The summed E-state index contributed by atoms with van der Waals surface area (Å²) >= 11 is 0. The van der Waals surface area contributed by atoms with Crippen molar-refractivity contribution in [1.29, 1.82) is 0 Å². The van der Waals surface area contributed by atoms with Gasteiger partial charge in [-0.25, -0.2) is 14.4 Å². The lowest BCUT2D eigenvalue weighted by Crippen LogP contribution is -2.34. The number of fused-ring (bicyclic) bond motifs is 2. The van der Waals surface area contributed by atoms with Crippen LogP contribution < -0.4 is 5.32 Å². The van der Waals surface area contributed by atoms with Gasteiger partial charge in [0.05, 0.1) is 11.4 Å². The second kappa shape index (κ2) is 7.26. The SMILES string of the molecule is CC1=CN2N=C(c3cc(F)c4c(c3)CC(N3CCCNCC3)=N4)C=C(C)C2=CC1. The van der Waals surface area contributed by atoms with Crippen molar-refractivity contribution < 1.29 is 4.39 Å². The molecule has 4 aliphatic heterocycles. The summed E-state index contributed by atoms with van der Waals surface area (Å²) in [6, 6.07) is 3.63. The Labute approximate surface area is 171 Å². The van der Waals surface area contributed by atoms with Gasteiger partial charge in [0, 0.05) is 37.8 Å². The Morgan fingerprint density at radius 2 is 2.03 bits per heavy atom. The summed E-state index contributed by atoms with van der Waals surface area (Å²) in [4.78, 5) is 6.94. The highest BCUT2D eigenvalue weighted by atomic mass is 19.1. The molecule has 1 N–H and O–H groups in total. The largest absolute Gasteiger partial charge is 0.358 e. The van der Waals surface area contributed by atoms with Crippen molar-refractivity contribution in [3.63, 3.8) is 0 Å². The van der Waals surface area contributed by atoms with Gasteiger partial charge in [0.1, 0.15) is 17.3 Å². The van der Waals surface area contributed by atoms with E-state index in [-0.39, 0.29) is 5.82 Å². The molecule has 0 aromatic heterocycles. The minimum atomic E-state index is -0.263. The molecular weight excluding hydrogens is 365 g/mol. The Morgan fingerprint density at radius 1 is 1.14 bits per heavy atom. The van der Waals surface area contributed by atoms with Crippen LogP contribution in [-0.4, -0.2) is 47.6 Å². The third-order valence-electron chi connectivity index (χ3n) is 5.91. The number of hydrogen-bond donors (Lipinski definition) is 1. The van der Waals surface area contributed by atoms with Gasteiger partial charge in [0.25, 0.3) is 0 Å². The number of amidine groups is 1. The molecule has 4 aliphatic rings. The van der Waals surface area contributed by atoms with Crippen molar-refractivity contribution in [2.24, 2.45) is 10.1 Å². The van der Waals surface area contributed by atoms with E-state index < -0.39 is 0 Å². The fraction of sp³-hybridized carbons (Fsp3) is 0.391. The molecule has 1 aromatic carbocycles. The van der Waals surface area contributed by atoms with Crippen LogP contribution in [0.5, 0.6) is 0 Å². The summed E-state index contributed by atoms with van der Waals surface area (Å²) in [5, 5.41) is 10.1. The van der Waals surface area contributed by atoms with Crippen molar-refractivity contribution in [2.45, 2.75) is 33.1 Å². The molecule has 0 amide bonds. The van der Waals surface area contributed by atoms with Gasteiger partial charge in [0.2, 0.25) is 0 Å². The van der Waals surface area contributed by atoms with Crippen LogP contribution >= 0.6 is 0 Å². The summed E-state index contributed by atoms with van der Waals surface area (Å²) in [6.45, 7) is 8.05. The maximum atomic E-state index is 15.0. The third-order valence-corrected chi connectivity index (χ3v) is 5.91. The van der Waals surface area contributed by atoms with E-state index in [4.69, 9.17) is 5.10 Å². The number of nitrogens with one attached hydrogen (secondary N) is 1. The maximum Gasteiger partial charge on any atom is 0.149 e. The van der Waals surface area contributed by atoms with Crippen molar-refractivity contribution in [1.82, 2.24) is 15.2 Å². The molecule has 1 aromatic rings. The monoisotopic (exact) mass is 391 g/mol. The topological polar surface area (TPSA) is 43.2 Å². The molecule has 0 aliphatic carbocycles. The van der Waals surface area contributed by atoms with Crippen LogP contribution in [0.4, 0.5) is 10.1 Å². The number of hydrogen-bond acceptors (Lipinski definition) is 5. The summed E-state index contributed by atoms with van der Waals surface area (Å²) < 4.78 is 15.0. The summed E-state index contributed by atoms with van der Waals surface area (Å²) in [5.74, 6) is 0.720.